The van der Waals surface area contributed by atoms with Crippen molar-refractivity contribution in [3.05, 3.63) is 106 Å². The number of nitrogens with zero attached hydrogens (tertiary/aromatic N) is 1. The number of carboxylic acids is 1. The molecule has 0 atom stereocenters. The third-order valence-electron chi connectivity index (χ3n) is 6.60. The molecule has 0 radical (unpaired) electrons. The molecule has 0 saturated heterocycles. The number of benzene rings is 3. The Morgan fingerprint density at radius 1 is 0.947 bits per heavy atom. The molecule has 0 unspecified atom stereocenters. The predicted molar refractivity (Wildman–Crippen MR) is 145 cm³/mol. The summed E-state index contributed by atoms with van der Waals surface area (Å²) in [6, 6.07) is 21.0. The quantitative estimate of drug-likeness (QED) is 0.262. The van der Waals surface area contributed by atoms with Crippen molar-refractivity contribution >= 4 is 11.9 Å². The number of aromatic nitrogens is 1. The fourth-order valence-corrected chi connectivity index (χ4v) is 4.24. The first-order valence-electron chi connectivity index (χ1n) is 12.6. The van der Waals surface area contributed by atoms with Gasteiger partial charge in [0.15, 0.2) is 0 Å². The lowest BCUT2D eigenvalue weighted by Gasteiger charge is -2.14. The molecule has 0 aliphatic carbocycles. The second-order valence-corrected chi connectivity index (χ2v) is 9.24. The van der Waals surface area contributed by atoms with Gasteiger partial charge >= 0.3 is 5.97 Å². The lowest BCUT2D eigenvalue weighted by Crippen LogP contribution is -2.24. The summed E-state index contributed by atoms with van der Waals surface area (Å²) in [6.45, 7) is 6.45. The fraction of sp³-hybridized carbons (Fsp3) is 0.258. The summed E-state index contributed by atoms with van der Waals surface area (Å²) in [5.41, 5.74) is 6.06. The molecule has 1 aromatic heterocycles. The molecule has 196 valence electrons. The average Bonchev–Trinajstić information content (AvgIpc) is 3.29. The van der Waals surface area contributed by atoms with E-state index in [1.807, 2.05) is 81.4 Å². The number of carbonyl (C=O) groups is 2. The molecule has 4 rings (SSSR count). The van der Waals surface area contributed by atoms with E-state index < -0.39 is 5.97 Å². The topological polar surface area (TPSA) is 102 Å². The summed E-state index contributed by atoms with van der Waals surface area (Å²) >= 11 is 0. The van der Waals surface area contributed by atoms with Crippen molar-refractivity contribution < 1.29 is 23.8 Å². The number of hydrogen-bond acceptors (Lipinski definition) is 5. The first-order valence-corrected chi connectivity index (χ1v) is 12.6. The van der Waals surface area contributed by atoms with Crippen molar-refractivity contribution in [3.63, 3.8) is 0 Å². The molecular weight excluding hydrogens is 480 g/mol. The molecule has 2 N–H and O–H groups in total. The summed E-state index contributed by atoms with van der Waals surface area (Å²) in [5.74, 6) is 0.949. The highest BCUT2D eigenvalue weighted by molar-refractivity contribution is 5.95. The molecular formula is C31H32N2O5. The van der Waals surface area contributed by atoms with Gasteiger partial charge in [-0.2, -0.15) is 0 Å². The highest BCUT2D eigenvalue weighted by Gasteiger charge is 2.14. The van der Waals surface area contributed by atoms with Crippen LogP contribution >= 0.6 is 0 Å². The van der Waals surface area contributed by atoms with Gasteiger partial charge in [-0.15, -0.1) is 0 Å². The average molecular weight is 513 g/mol. The normalized spacial score (nSPS) is 10.8. The van der Waals surface area contributed by atoms with Gasteiger partial charge in [0.25, 0.3) is 5.91 Å². The van der Waals surface area contributed by atoms with Crippen LogP contribution in [0.2, 0.25) is 0 Å². The number of hydrogen-bond donors (Lipinski definition) is 2. The van der Waals surface area contributed by atoms with Gasteiger partial charge in [-0.3, -0.25) is 9.59 Å². The zero-order valence-corrected chi connectivity index (χ0v) is 21.9. The van der Waals surface area contributed by atoms with Gasteiger partial charge in [-0.25, -0.2) is 4.98 Å². The second kappa shape index (κ2) is 12.2. The minimum atomic E-state index is -0.867. The maximum Gasteiger partial charge on any atom is 0.303 e. The first-order chi connectivity index (χ1) is 18.3. The number of aryl methyl sites for hydroxylation is 3. The van der Waals surface area contributed by atoms with Crippen LogP contribution in [0.15, 0.2) is 71.1 Å². The summed E-state index contributed by atoms with van der Waals surface area (Å²) < 4.78 is 11.9. The van der Waals surface area contributed by atoms with Crippen LogP contribution in [0.5, 0.6) is 5.75 Å². The molecule has 0 aliphatic heterocycles. The monoisotopic (exact) mass is 512 g/mol. The summed E-state index contributed by atoms with van der Waals surface area (Å²) in [6.07, 6.45) is 0.944. The lowest BCUT2D eigenvalue weighted by molar-refractivity contribution is -0.136. The largest absolute Gasteiger partial charge is 0.493 e. The van der Waals surface area contributed by atoms with Crippen molar-refractivity contribution in [1.29, 1.82) is 0 Å². The molecule has 7 heteroatoms. The zero-order valence-electron chi connectivity index (χ0n) is 21.9. The molecule has 0 fully saturated rings. The standard InChI is InChI=1S/C31H32N2O5/c1-20-8-7-11-27(21(20)2)30(36)32-19-25-18-26(14-12-23(25)13-15-29(34)35)37-17-16-28-22(3)38-31(33-28)24-9-5-4-6-10-24/h4-12,14,18H,13,15-17,19H2,1-3H3,(H,32,36)(H,34,35). The number of carbonyl (C=O) groups excluding carboxylic acids is 1. The van der Waals surface area contributed by atoms with Crippen molar-refractivity contribution in [2.24, 2.45) is 0 Å². The smallest absolute Gasteiger partial charge is 0.303 e. The van der Waals surface area contributed by atoms with Crippen LogP contribution in [-0.4, -0.2) is 28.6 Å². The predicted octanol–water partition coefficient (Wildman–Crippen LogP) is 5.84. The van der Waals surface area contributed by atoms with Crippen LogP contribution in [0.25, 0.3) is 11.5 Å². The number of aliphatic carboxylic acids is 1. The van der Waals surface area contributed by atoms with E-state index in [1.54, 1.807) is 6.07 Å². The van der Waals surface area contributed by atoms with Crippen LogP contribution < -0.4 is 10.1 Å². The van der Waals surface area contributed by atoms with Crippen LogP contribution in [0, 0.1) is 20.8 Å². The summed E-state index contributed by atoms with van der Waals surface area (Å²) in [5, 5.41) is 12.1. The van der Waals surface area contributed by atoms with E-state index >= 15 is 0 Å². The van der Waals surface area contributed by atoms with E-state index in [0.29, 0.717) is 36.7 Å². The van der Waals surface area contributed by atoms with Gasteiger partial charge in [0.05, 0.1) is 12.3 Å². The SMILES string of the molecule is Cc1cccc(C(=O)NCc2cc(OCCc3nc(-c4ccccc4)oc3C)ccc2CCC(=O)O)c1C. The van der Waals surface area contributed by atoms with Crippen LogP contribution in [-0.2, 0) is 24.2 Å². The first kappa shape index (κ1) is 26.7. The molecule has 0 saturated carbocycles. The van der Waals surface area contributed by atoms with Gasteiger partial charge in [-0.1, -0.05) is 36.4 Å². The highest BCUT2D eigenvalue weighted by Crippen LogP contribution is 2.23. The fourth-order valence-electron chi connectivity index (χ4n) is 4.24. The van der Waals surface area contributed by atoms with Crippen molar-refractivity contribution in [2.75, 3.05) is 6.61 Å². The van der Waals surface area contributed by atoms with E-state index in [4.69, 9.17) is 14.3 Å². The molecule has 4 aromatic rings. The summed E-state index contributed by atoms with van der Waals surface area (Å²) in [7, 11) is 0. The minimum Gasteiger partial charge on any atom is -0.493 e. The maximum absolute atomic E-state index is 12.9. The number of nitrogens with one attached hydrogen (secondary N) is 1. The maximum atomic E-state index is 12.9. The highest BCUT2D eigenvalue weighted by atomic mass is 16.5. The van der Waals surface area contributed by atoms with E-state index in [9.17, 15) is 9.59 Å². The Morgan fingerprint density at radius 2 is 1.74 bits per heavy atom. The lowest BCUT2D eigenvalue weighted by atomic mass is 10.0. The Labute approximate surface area is 222 Å². The van der Waals surface area contributed by atoms with Gasteiger partial charge in [0, 0.05) is 30.5 Å². The number of oxazole rings is 1. The second-order valence-electron chi connectivity index (χ2n) is 9.24. The van der Waals surface area contributed by atoms with Gasteiger partial charge < -0.3 is 19.6 Å². The van der Waals surface area contributed by atoms with E-state index in [1.165, 1.54) is 0 Å². The third kappa shape index (κ3) is 6.68. The third-order valence-corrected chi connectivity index (χ3v) is 6.60. The molecule has 0 aliphatic rings. The Bertz CT molecular complexity index is 1430. The van der Waals surface area contributed by atoms with Gasteiger partial charge in [0.1, 0.15) is 11.5 Å². The number of rotatable bonds is 11. The Balaban J connectivity index is 1.43. The van der Waals surface area contributed by atoms with Crippen molar-refractivity contribution in [3.8, 4) is 17.2 Å². The van der Waals surface area contributed by atoms with Crippen molar-refractivity contribution in [1.82, 2.24) is 10.3 Å². The molecule has 38 heavy (non-hydrogen) atoms. The van der Waals surface area contributed by atoms with E-state index in [2.05, 4.69) is 10.3 Å². The molecule has 0 spiro atoms. The Morgan fingerprint density at radius 3 is 2.50 bits per heavy atom. The molecule has 3 aromatic carbocycles. The zero-order chi connectivity index (χ0) is 27.1. The summed E-state index contributed by atoms with van der Waals surface area (Å²) in [4.78, 5) is 28.7. The Hall–Kier alpha value is -4.39. The number of amides is 1. The van der Waals surface area contributed by atoms with Gasteiger partial charge in [-0.05, 0) is 79.8 Å². The molecule has 1 heterocycles. The van der Waals surface area contributed by atoms with Crippen LogP contribution in [0.1, 0.15) is 50.5 Å². The van der Waals surface area contributed by atoms with Gasteiger partial charge in [0.2, 0.25) is 5.89 Å². The molecule has 7 nitrogen and oxygen atoms in total. The van der Waals surface area contributed by atoms with E-state index in [-0.39, 0.29) is 18.9 Å². The van der Waals surface area contributed by atoms with Crippen molar-refractivity contribution in [2.45, 2.75) is 46.6 Å². The number of carboxylic acid groups (broad SMARTS) is 1. The van der Waals surface area contributed by atoms with E-state index in [0.717, 1.165) is 39.3 Å². The number of ether oxygens (including phenoxy) is 1. The molecule has 1 amide bonds. The minimum absolute atomic E-state index is 0.00726. The van der Waals surface area contributed by atoms with Crippen LogP contribution in [0.3, 0.4) is 0 Å². The Kier molecular flexibility index (Phi) is 8.58. The van der Waals surface area contributed by atoms with Crippen LogP contribution in [0.4, 0.5) is 0 Å². The molecule has 0 bridgehead atoms.